The molecule has 1 fully saturated rings. The van der Waals surface area contributed by atoms with E-state index < -0.39 is 0 Å². The Labute approximate surface area is 129 Å². The molecule has 0 aliphatic carbocycles. The van der Waals surface area contributed by atoms with Crippen LogP contribution in [0.25, 0.3) is 0 Å². The summed E-state index contributed by atoms with van der Waals surface area (Å²) < 4.78 is 0. The van der Waals surface area contributed by atoms with Crippen LogP contribution >= 0.6 is 0 Å². The summed E-state index contributed by atoms with van der Waals surface area (Å²) in [7, 11) is 2.04. The fourth-order valence-electron chi connectivity index (χ4n) is 3.60. The first-order chi connectivity index (χ1) is 10.3. The van der Waals surface area contributed by atoms with E-state index in [-0.39, 0.29) is 0 Å². The van der Waals surface area contributed by atoms with Gasteiger partial charge in [-0.15, -0.1) is 0 Å². The van der Waals surface area contributed by atoms with Crippen molar-refractivity contribution in [1.29, 1.82) is 0 Å². The first-order valence-electron chi connectivity index (χ1n) is 8.33. The molecule has 1 aliphatic heterocycles. The number of hydrogen-bond acceptors (Lipinski definition) is 3. The maximum Gasteiger partial charge on any atom is 0.0586 e. The lowest BCUT2D eigenvalue weighted by atomic mass is 9.93. The zero-order chi connectivity index (χ0) is 15.1. The molecule has 1 saturated heterocycles. The SMILES string of the molecule is CNC(c1ccccc1)C(C)CN1CCCCCC1CO. The molecule has 3 atom stereocenters. The van der Waals surface area contributed by atoms with Gasteiger partial charge in [-0.3, -0.25) is 4.90 Å². The molecule has 1 aromatic carbocycles. The van der Waals surface area contributed by atoms with Crippen LogP contribution in [0.4, 0.5) is 0 Å². The summed E-state index contributed by atoms with van der Waals surface area (Å²) in [5, 5.41) is 13.1. The highest BCUT2D eigenvalue weighted by atomic mass is 16.3. The van der Waals surface area contributed by atoms with Gasteiger partial charge < -0.3 is 10.4 Å². The molecular formula is C18H30N2O. The van der Waals surface area contributed by atoms with Gasteiger partial charge in [-0.05, 0) is 37.9 Å². The van der Waals surface area contributed by atoms with Crippen LogP contribution in [0.2, 0.25) is 0 Å². The first-order valence-corrected chi connectivity index (χ1v) is 8.33. The number of benzene rings is 1. The van der Waals surface area contributed by atoms with Crippen LogP contribution in [0.15, 0.2) is 30.3 Å². The van der Waals surface area contributed by atoms with E-state index in [4.69, 9.17) is 0 Å². The zero-order valence-corrected chi connectivity index (χ0v) is 13.5. The van der Waals surface area contributed by atoms with Crippen LogP contribution in [0.5, 0.6) is 0 Å². The monoisotopic (exact) mass is 290 g/mol. The number of nitrogens with one attached hydrogen (secondary N) is 1. The predicted octanol–water partition coefficient (Wildman–Crippen LogP) is 2.82. The predicted molar refractivity (Wildman–Crippen MR) is 88.3 cm³/mol. The number of likely N-dealkylation sites (tertiary alicyclic amines) is 1. The first kappa shape index (κ1) is 16.5. The third-order valence-electron chi connectivity index (χ3n) is 4.77. The van der Waals surface area contributed by atoms with Crippen LogP contribution in [0.1, 0.15) is 44.2 Å². The summed E-state index contributed by atoms with van der Waals surface area (Å²) in [6.07, 6.45) is 4.96. The molecule has 2 N–H and O–H groups in total. The number of aliphatic hydroxyl groups is 1. The standard InChI is InChI=1S/C18H30N2O/c1-15(18(19-2)16-9-5-3-6-10-16)13-20-12-8-4-7-11-17(20)14-21/h3,5-6,9-10,15,17-19,21H,4,7-8,11-14H2,1-2H3. The van der Waals surface area contributed by atoms with Crippen LogP contribution in [0, 0.1) is 5.92 Å². The highest BCUT2D eigenvalue weighted by Gasteiger charge is 2.25. The minimum Gasteiger partial charge on any atom is -0.395 e. The van der Waals surface area contributed by atoms with Crippen molar-refractivity contribution in [2.45, 2.75) is 44.7 Å². The Kier molecular flexibility index (Phi) is 6.68. The number of aliphatic hydroxyl groups excluding tert-OH is 1. The minimum absolute atomic E-state index is 0.294. The van der Waals surface area contributed by atoms with E-state index in [2.05, 4.69) is 47.5 Å². The highest BCUT2D eigenvalue weighted by molar-refractivity contribution is 5.19. The third-order valence-corrected chi connectivity index (χ3v) is 4.77. The topological polar surface area (TPSA) is 35.5 Å². The lowest BCUT2D eigenvalue weighted by Crippen LogP contribution is -2.42. The fraction of sp³-hybridized carbons (Fsp3) is 0.667. The fourth-order valence-corrected chi connectivity index (χ4v) is 3.60. The Morgan fingerprint density at radius 2 is 2.00 bits per heavy atom. The Morgan fingerprint density at radius 3 is 2.67 bits per heavy atom. The van der Waals surface area contributed by atoms with Crippen molar-refractivity contribution >= 4 is 0 Å². The van der Waals surface area contributed by atoms with E-state index in [0.717, 1.165) is 19.5 Å². The molecule has 3 heteroatoms. The highest BCUT2D eigenvalue weighted by Crippen LogP contribution is 2.25. The molecule has 0 spiro atoms. The van der Waals surface area contributed by atoms with Gasteiger partial charge in [-0.25, -0.2) is 0 Å². The summed E-state index contributed by atoms with van der Waals surface area (Å²) in [6.45, 7) is 4.78. The molecule has 0 aromatic heterocycles. The van der Waals surface area contributed by atoms with Crippen molar-refractivity contribution in [1.82, 2.24) is 10.2 Å². The maximum atomic E-state index is 9.65. The molecule has 0 saturated carbocycles. The quantitative estimate of drug-likeness (QED) is 0.845. The van der Waals surface area contributed by atoms with E-state index in [1.165, 1.54) is 24.8 Å². The molecule has 3 unspecified atom stereocenters. The van der Waals surface area contributed by atoms with Crippen molar-refractivity contribution in [3.63, 3.8) is 0 Å². The summed E-state index contributed by atoms with van der Waals surface area (Å²) in [4.78, 5) is 2.50. The Morgan fingerprint density at radius 1 is 1.24 bits per heavy atom. The van der Waals surface area contributed by atoms with Gasteiger partial charge in [-0.1, -0.05) is 50.1 Å². The summed E-state index contributed by atoms with van der Waals surface area (Å²) in [5.41, 5.74) is 1.35. The molecule has 2 rings (SSSR count). The number of hydrogen-bond donors (Lipinski definition) is 2. The summed E-state index contributed by atoms with van der Waals surface area (Å²) in [6, 6.07) is 11.4. The van der Waals surface area contributed by atoms with E-state index in [1.54, 1.807) is 0 Å². The van der Waals surface area contributed by atoms with Crippen molar-refractivity contribution in [3.8, 4) is 0 Å². The van der Waals surface area contributed by atoms with E-state index in [9.17, 15) is 5.11 Å². The van der Waals surface area contributed by atoms with Crippen molar-refractivity contribution in [2.75, 3.05) is 26.7 Å². The average molecular weight is 290 g/mol. The molecule has 1 aromatic rings. The smallest absolute Gasteiger partial charge is 0.0586 e. The number of rotatable bonds is 6. The van der Waals surface area contributed by atoms with E-state index >= 15 is 0 Å². The van der Waals surface area contributed by atoms with Crippen LogP contribution in [-0.2, 0) is 0 Å². The van der Waals surface area contributed by atoms with Crippen molar-refractivity contribution < 1.29 is 5.11 Å². The lowest BCUT2D eigenvalue weighted by molar-refractivity contribution is 0.104. The summed E-state index contributed by atoms with van der Waals surface area (Å²) >= 11 is 0. The van der Waals surface area contributed by atoms with Crippen LogP contribution in [-0.4, -0.2) is 42.8 Å². The molecule has 0 radical (unpaired) electrons. The molecule has 21 heavy (non-hydrogen) atoms. The second-order valence-corrected chi connectivity index (χ2v) is 6.33. The Hall–Kier alpha value is -0.900. The van der Waals surface area contributed by atoms with Gasteiger partial charge in [0.2, 0.25) is 0 Å². The largest absolute Gasteiger partial charge is 0.395 e. The Bertz CT molecular complexity index is 395. The normalized spacial score (nSPS) is 23.5. The lowest BCUT2D eigenvalue weighted by Gasteiger charge is -2.34. The number of nitrogens with zero attached hydrogens (tertiary/aromatic N) is 1. The van der Waals surface area contributed by atoms with Gasteiger partial charge in [0, 0.05) is 18.6 Å². The average Bonchev–Trinajstić information content (AvgIpc) is 2.74. The molecule has 0 bridgehead atoms. The Balaban J connectivity index is 2.02. The molecule has 1 aliphatic rings. The van der Waals surface area contributed by atoms with Crippen LogP contribution < -0.4 is 5.32 Å². The second-order valence-electron chi connectivity index (χ2n) is 6.33. The molecule has 3 nitrogen and oxygen atoms in total. The van der Waals surface area contributed by atoms with Crippen molar-refractivity contribution in [2.24, 2.45) is 5.92 Å². The van der Waals surface area contributed by atoms with Gasteiger partial charge in [-0.2, -0.15) is 0 Å². The van der Waals surface area contributed by atoms with Gasteiger partial charge in [0.1, 0.15) is 0 Å². The van der Waals surface area contributed by atoms with E-state index in [1.807, 2.05) is 7.05 Å². The molecule has 0 amide bonds. The molecular weight excluding hydrogens is 260 g/mol. The van der Waals surface area contributed by atoms with Gasteiger partial charge >= 0.3 is 0 Å². The minimum atomic E-state index is 0.294. The maximum absolute atomic E-state index is 9.65. The van der Waals surface area contributed by atoms with E-state index in [0.29, 0.717) is 24.6 Å². The van der Waals surface area contributed by atoms with Crippen molar-refractivity contribution in [3.05, 3.63) is 35.9 Å². The molecule has 1 heterocycles. The van der Waals surface area contributed by atoms with Gasteiger partial charge in [0.25, 0.3) is 0 Å². The molecule has 118 valence electrons. The third kappa shape index (κ3) is 4.53. The zero-order valence-electron chi connectivity index (χ0n) is 13.5. The van der Waals surface area contributed by atoms with Gasteiger partial charge in [0.15, 0.2) is 0 Å². The summed E-state index contributed by atoms with van der Waals surface area (Å²) in [5.74, 6) is 0.518. The second kappa shape index (κ2) is 8.52. The van der Waals surface area contributed by atoms with Gasteiger partial charge in [0.05, 0.1) is 6.61 Å². The van der Waals surface area contributed by atoms with Crippen LogP contribution in [0.3, 0.4) is 0 Å².